The van der Waals surface area contributed by atoms with Crippen molar-refractivity contribution in [1.29, 1.82) is 0 Å². The summed E-state index contributed by atoms with van der Waals surface area (Å²) in [6.45, 7) is 12.9. The van der Waals surface area contributed by atoms with Crippen molar-refractivity contribution in [2.75, 3.05) is 27.3 Å². The van der Waals surface area contributed by atoms with Gasteiger partial charge >= 0.3 is 12.2 Å². The van der Waals surface area contributed by atoms with Crippen LogP contribution in [0.1, 0.15) is 78.2 Å². The Hall–Kier alpha value is -5.57. The molecule has 0 aliphatic carbocycles. The number of hydrogen-bond donors (Lipinski definition) is 3. The molecule has 15 heteroatoms. The Balaban J connectivity index is 1.01. The van der Waals surface area contributed by atoms with Crippen molar-refractivity contribution >= 4 is 57.0 Å². The molecule has 2 aromatic heterocycles. The van der Waals surface area contributed by atoms with Crippen molar-refractivity contribution in [2.24, 2.45) is 28.7 Å². The van der Waals surface area contributed by atoms with Gasteiger partial charge in [0.1, 0.15) is 28.6 Å². The summed E-state index contributed by atoms with van der Waals surface area (Å²) in [5.41, 5.74) is 5.56. The van der Waals surface area contributed by atoms with E-state index >= 15 is 4.39 Å². The maximum Gasteiger partial charge on any atom is 0.407 e. The smallest absolute Gasteiger partial charge is 0.407 e. The molecule has 2 saturated heterocycles. The SMILES string of the molecule is COC(=O)N[C@H](C(=O)N1C[C@@H](C)C[C@H]1C1=NC=C(c2ccc(-c3ccc(-c4cc5[nH]c([C@@H]6C[C@H](C)CN6C(=O)[C@@H](NC(=O)OC)C(C)C)nc5s4)cc3)cc2F)C1)C(C)C. The molecule has 0 spiro atoms. The number of nitrogens with zero attached hydrogens (tertiary/aromatic N) is 4. The number of methoxy groups -OCH3 is 2. The molecule has 6 atom stereocenters. The standard InChI is InChI=1S/C45H54FN7O6S/c1-23(2)38(49-44(56)58-7)42(54)52-21-25(5)15-35(52)33-18-30(20-47-33)31-14-13-29(17-32(31)46)27-9-11-28(12-10-27)37-19-34-41(60-37)51-40(48-34)36-16-26(6)22-53(36)43(55)39(24(3)4)50-45(57)59-8/h9-14,17,19-20,23-26,35-36,38-39H,15-16,18,21-22H2,1-8H3,(H,48,51)(H,49,56)(H,50,57)/t25-,26-,35-,36-,38-,39-/m0/s1. The fraction of sp³-hybridized carbons (Fsp3) is 0.467. The van der Waals surface area contributed by atoms with E-state index in [-0.39, 0.29) is 53.4 Å². The molecule has 0 saturated carbocycles. The lowest BCUT2D eigenvalue weighted by Gasteiger charge is -2.31. The molecule has 0 unspecified atom stereocenters. The fourth-order valence-electron chi connectivity index (χ4n) is 8.64. The van der Waals surface area contributed by atoms with Crippen molar-refractivity contribution in [3.8, 4) is 21.6 Å². The minimum atomic E-state index is -0.732. The second kappa shape index (κ2) is 17.6. The Labute approximate surface area is 353 Å². The number of H-pyrrole nitrogens is 1. The highest BCUT2D eigenvalue weighted by molar-refractivity contribution is 7.21. The number of rotatable bonds is 11. The topological polar surface area (TPSA) is 158 Å². The number of carbonyl (C=O) groups excluding carboxylic acids is 4. The first kappa shape index (κ1) is 42.6. The lowest BCUT2D eigenvalue weighted by molar-refractivity contribution is -0.136. The molecular formula is C45H54FN7O6S. The van der Waals surface area contributed by atoms with E-state index < -0.39 is 24.3 Å². The Kier molecular flexibility index (Phi) is 12.5. The maximum absolute atomic E-state index is 15.8. The van der Waals surface area contributed by atoms with Crippen LogP contribution in [0.25, 0.3) is 37.5 Å². The number of amides is 4. The number of nitrogens with one attached hydrogen (secondary N) is 3. The zero-order chi connectivity index (χ0) is 43.0. The molecule has 0 bridgehead atoms. The summed E-state index contributed by atoms with van der Waals surface area (Å²) in [6, 6.07) is 13.4. The Morgan fingerprint density at radius 3 is 1.90 bits per heavy atom. The van der Waals surface area contributed by atoms with Crippen LogP contribution in [0.4, 0.5) is 14.0 Å². The van der Waals surface area contributed by atoms with Crippen LogP contribution in [0, 0.1) is 29.5 Å². The number of benzene rings is 2. The van der Waals surface area contributed by atoms with Gasteiger partial charge in [0.25, 0.3) is 0 Å². The molecule has 3 aliphatic heterocycles. The number of allylic oxidation sites excluding steroid dienone is 1. The number of imidazole rings is 1. The van der Waals surface area contributed by atoms with E-state index in [0.29, 0.717) is 25.1 Å². The molecule has 0 radical (unpaired) electrons. The van der Waals surface area contributed by atoms with E-state index in [1.165, 1.54) is 14.2 Å². The summed E-state index contributed by atoms with van der Waals surface area (Å²) in [6.07, 6.45) is 2.35. The monoisotopic (exact) mass is 839 g/mol. The third kappa shape index (κ3) is 8.68. The van der Waals surface area contributed by atoms with Crippen LogP contribution in [0.2, 0.25) is 0 Å². The van der Waals surface area contributed by atoms with Gasteiger partial charge in [-0.3, -0.25) is 14.6 Å². The first-order chi connectivity index (χ1) is 28.6. The van der Waals surface area contributed by atoms with Gasteiger partial charge in [0, 0.05) is 41.9 Å². The number of aliphatic imine (C=N–C) groups is 1. The van der Waals surface area contributed by atoms with Crippen LogP contribution in [-0.4, -0.2) is 94.9 Å². The molecule has 7 rings (SSSR count). The molecule has 4 amide bonds. The van der Waals surface area contributed by atoms with Gasteiger partial charge in [0.05, 0.1) is 31.8 Å². The van der Waals surface area contributed by atoms with Gasteiger partial charge < -0.3 is 34.9 Å². The summed E-state index contributed by atoms with van der Waals surface area (Å²) in [4.78, 5) is 70.1. The molecule has 2 aromatic carbocycles. The highest BCUT2D eigenvalue weighted by Gasteiger charge is 2.42. The van der Waals surface area contributed by atoms with Gasteiger partial charge in [-0.25, -0.2) is 19.0 Å². The lowest BCUT2D eigenvalue weighted by atomic mass is 9.94. The lowest BCUT2D eigenvalue weighted by Crippen LogP contribution is -2.53. The first-order valence-electron chi connectivity index (χ1n) is 20.6. The largest absolute Gasteiger partial charge is 0.453 e. The summed E-state index contributed by atoms with van der Waals surface area (Å²) in [5, 5.41) is 5.40. The molecule has 4 aromatic rings. The number of alkyl carbamates (subject to hydrolysis) is 2. The summed E-state index contributed by atoms with van der Waals surface area (Å²) < 4.78 is 25.4. The number of likely N-dealkylation sites (tertiary alicyclic amines) is 2. The van der Waals surface area contributed by atoms with Gasteiger partial charge in [-0.2, -0.15) is 0 Å². The zero-order valence-electron chi connectivity index (χ0n) is 35.4. The van der Waals surface area contributed by atoms with Crippen molar-refractivity contribution in [3.05, 3.63) is 71.9 Å². The van der Waals surface area contributed by atoms with E-state index in [4.69, 9.17) is 19.5 Å². The Morgan fingerprint density at radius 1 is 0.800 bits per heavy atom. The predicted octanol–water partition coefficient (Wildman–Crippen LogP) is 8.19. The molecule has 5 heterocycles. The quantitative estimate of drug-likeness (QED) is 0.137. The van der Waals surface area contributed by atoms with Crippen LogP contribution in [0.5, 0.6) is 0 Å². The van der Waals surface area contributed by atoms with Crippen LogP contribution in [-0.2, 0) is 19.1 Å². The highest BCUT2D eigenvalue weighted by atomic mass is 32.1. The highest BCUT2D eigenvalue weighted by Crippen LogP contribution is 2.40. The van der Waals surface area contributed by atoms with Gasteiger partial charge in [-0.15, -0.1) is 11.3 Å². The number of thiophene rings is 1. The summed E-state index contributed by atoms with van der Waals surface area (Å²) in [5.74, 6) is 0.309. The Morgan fingerprint density at radius 2 is 1.35 bits per heavy atom. The summed E-state index contributed by atoms with van der Waals surface area (Å²) in [7, 11) is 2.56. The van der Waals surface area contributed by atoms with Gasteiger partial charge in [-0.1, -0.05) is 77.9 Å². The van der Waals surface area contributed by atoms with Crippen molar-refractivity contribution < 1.29 is 33.0 Å². The second-order valence-corrected chi connectivity index (χ2v) is 18.1. The number of carbonyl (C=O) groups is 4. The zero-order valence-corrected chi connectivity index (χ0v) is 36.2. The van der Waals surface area contributed by atoms with Crippen LogP contribution in [0.15, 0.2) is 59.7 Å². The van der Waals surface area contributed by atoms with Crippen LogP contribution >= 0.6 is 11.3 Å². The van der Waals surface area contributed by atoms with Gasteiger partial charge in [0.2, 0.25) is 11.8 Å². The number of fused-ring (bicyclic) bond motifs is 1. The number of hydrogen-bond acceptors (Lipinski definition) is 9. The second-order valence-electron chi connectivity index (χ2n) is 17.1. The molecule has 2 fully saturated rings. The van der Waals surface area contributed by atoms with Crippen LogP contribution in [0.3, 0.4) is 0 Å². The maximum atomic E-state index is 15.8. The first-order valence-corrected chi connectivity index (χ1v) is 21.4. The minimum Gasteiger partial charge on any atom is -0.453 e. The van der Waals surface area contributed by atoms with Crippen molar-refractivity contribution in [2.45, 2.75) is 85.0 Å². The molecular weight excluding hydrogens is 786 g/mol. The van der Waals surface area contributed by atoms with Crippen molar-refractivity contribution in [3.63, 3.8) is 0 Å². The van der Waals surface area contributed by atoms with Gasteiger partial charge in [-0.05, 0) is 70.9 Å². The van der Waals surface area contributed by atoms with Crippen molar-refractivity contribution in [1.82, 2.24) is 30.4 Å². The molecule has 13 nitrogen and oxygen atoms in total. The van der Waals surface area contributed by atoms with Crippen LogP contribution < -0.4 is 10.6 Å². The molecule has 318 valence electrons. The summed E-state index contributed by atoms with van der Waals surface area (Å²) >= 11 is 1.56. The number of halogens is 1. The third-order valence-electron chi connectivity index (χ3n) is 11.8. The Bertz CT molecular complexity index is 2300. The fourth-order valence-corrected chi connectivity index (χ4v) is 9.64. The average molecular weight is 840 g/mol. The molecule has 60 heavy (non-hydrogen) atoms. The molecule has 3 N–H and O–H groups in total. The third-order valence-corrected chi connectivity index (χ3v) is 12.9. The number of aromatic amines is 1. The number of ether oxygens (including phenoxy) is 2. The van der Waals surface area contributed by atoms with E-state index in [9.17, 15) is 19.2 Å². The van der Waals surface area contributed by atoms with E-state index in [1.54, 1.807) is 34.6 Å². The predicted molar refractivity (Wildman–Crippen MR) is 231 cm³/mol. The van der Waals surface area contributed by atoms with E-state index in [2.05, 4.69) is 35.5 Å². The van der Waals surface area contributed by atoms with Gasteiger partial charge in [0.15, 0.2) is 0 Å². The van der Waals surface area contributed by atoms with E-state index in [1.807, 2.05) is 62.9 Å². The minimum absolute atomic E-state index is 0.124. The normalized spacial score (nSPS) is 21.3. The number of aromatic nitrogens is 2. The molecule has 3 aliphatic rings. The van der Waals surface area contributed by atoms with E-state index in [0.717, 1.165) is 61.9 Å². The average Bonchev–Trinajstić information content (AvgIpc) is 4.07.